The van der Waals surface area contributed by atoms with Gasteiger partial charge in [0.2, 0.25) is 0 Å². The maximum atomic E-state index is 5.69. The van der Waals surface area contributed by atoms with E-state index < -0.39 is 0 Å². The van der Waals surface area contributed by atoms with E-state index in [-0.39, 0.29) is 6.10 Å². The van der Waals surface area contributed by atoms with Crippen molar-refractivity contribution in [3.8, 4) is 11.3 Å². The molecule has 2 aromatic rings. The molecule has 0 bridgehead atoms. The number of anilines is 1. The summed E-state index contributed by atoms with van der Waals surface area (Å²) in [6.45, 7) is 5.49. The number of imidazole rings is 1. The first-order valence-electron chi connectivity index (χ1n) is 6.00. The van der Waals surface area contributed by atoms with Gasteiger partial charge >= 0.3 is 0 Å². The van der Waals surface area contributed by atoms with Crippen molar-refractivity contribution < 1.29 is 4.74 Å². The quantitative estimate of drug-likeness (QED) is 0.875. The number of pyridine rings is 1. The summed E-state index contributed by atoms with van der Waals surface area (Å²) in [6.07, 6.45) is 5.57. The van der Waals surface area contributed by atoms with E-state index in [1.165, 1.54) is 0 Å². The van der Waals surface area contributed by atoms with Gasteiger partial charge in [0.15, 0.2) is 0 Å². The highest BCUT2D eigenvalue weighted by atomic mass is 16.5. The number of nitrogens with zero attached hydrogens (tertiary/aromatic N) is 3. The van der Waals surface area contributed by atoms with Gasteiger partial charge in [0.1, 0.15) is 5.82 Å². The fraction of sp³-hybridized carbons (Fsp3) is 0.385. The largest absolute Gasteiger partial charge is 0.384 e. The number of hydrogen-bond acceptors (Lipinski definition) is 4. The first-order chi connectivity index (χ1) is 8.66. The lowest BCUT2D eigenvalue weighted by molar-refractivity contribution is 0.0729. The van der Waals surface area contributed by atoms with E-state index in [1.54, 1.807) is 12.5 Å². The Kier molecular flexibility index (Phi) is 3.94. The first-order valence-corrected chi connectivity index (χ1v) is 6.00. The summed E-state index contributed by atoms with van der Waals surface area (Å²) in [5.41, 5.74) is 7.73. The van der Waals surface area contributed by atoms with Crippen LogP contribution in [0.1, 0.15) is 13.8 Å². The zero-order valence-electron chi connectivity index (χ0n) is 10.7. The Labute approximate surface area is 107 Å². The van der Waals surface area contributed by atoms with Crippen LogP contribution in [-0.2, 0) is 11.3 Å². The Morgan fingerprint density at radius 3 is 3.00 bits per heavy atom. The van der Waals surface area contributed by atoms with Crippen molar-refractivity contribution in [2.45, 2.75) is 26.5 Å². The predicted octanol–water partition coefficient (Wildman–Crippen LogP) is 1.95. The zero-order chi connectivity index (χ0) is 13.0. The standard InChI is InChI=1S/C13H18N4O/c1-10(2)18-6-5-17-9-15-8-12(17)11-3-4-16-13(14)7-11/h3-4,7-10H,5-6H2,1-2H3,(H2,14,16). The maximum absolute atomic E-state index is 5.69. The van der Waals surface area contributed by atoms with Gasteiger partial charge in [-0.2, -0.15) is 0 Å². The molecule has 2 heterocycles. The van der Waals surface area contributed by atoms with Crippen LogP contribution in [0, 0.1) is 0 Å². The molecule has 0 atom stereocenters. The number of aromatic nitrogens is 3. The van der Waals surface area contributed by atoms with Crippen LogP contribution in [0.15, 0.2) is 30.9 Å². The molecule has 0 unspecified atom stereocenters. The average molecular weight is 246 g/mol. The van der Waals surface area contributed by atoms with Crippen molar-refractivity contribution in [2.75, 3.05) is 12.3 Å². The molecule has 2 rings (SSSR count). The minimum Gasteiger partial charge on any atom is -0.384 e. The van der Waals surface area contributed by atoms with E-state index >= 15 is 0 Å². The summed E-state index contributed by atoms with van der Waals surface area (Å²) in [5.74, 6) is 0.513. The molecular weight excluding hydrogens is 228 g/mol. The van der Waals surface area contributed by atoms with Crippen molar-refractivity contribution in [3.63, 3.8) is 0 Å². The molecule has 0 saturated carbocycles. The van der Waals surface area contributed by atoms with Crippen LogP contribution in [0.3, 0.4) is 0 Å². The number of nitrogen functional groups attached to an aromatic ring is 1. The molecule has 5 heteroatoms. The highest BCUT2D eigenvalue weighted by Crippen LogP contribution is 2.19. The monoisotopic (exact) mass is 246 g/mol. The van der Waals surface area contributed by atoms with Crippen LogP contribution in [0.5, 0.6) is 0 Å². The van der Waals surface area contributed by atoms with E-state index in [1.807, 2.05) is 32.2 Å². The molecular formula is C13H18N4O. The highest BCUT2D eigenvalue weighted by Gasteiger charge is 2.06. The van der Waals surface area contributed by atoms with E-state index in [0.717, 1.165) is 17.8 Å². The Morgan fingerprint density at radius 1 is 1.44 bits per heavy atom. The molecule has 0 aliphatic heterocycles. The van der Waals surface area contributed by atoms with E-state index in [4.69, 9.17) is 10.5 Å². The fourth-order valence-electron chi connectivity index (χ4n) is 1.73. The van der Waals surface area contributed by atoms with Crippen molar-refractivity contribution >= 4 is 5.82 Å². The Hall–Kier alpha value is -1.88. The van der Waals surface area contributed by atoms with Crippen LogP contribution >= 0.6 is 0 Å². The summed E-state index contributed by atoms with van der Waals surface area (Å²) >= 11 is 0. The van der Waals surface area contributed by atoms with E-state index in [9.17, 15) is 0 Å². The van der Waals surface area contributed by atoms with E-state index in [2.05, 4.69) is 14.5 Å². The molecule has 2 aromatic heterocycles. The van der Waals surface area contributed by atoms with Gasteiger partial charge in [0, 0.05) is 18.3 Å². The molecule has 18 heavy (non-hydrogen) atoms. The Bertz CT molecular complexity index is 507. The fourth-order valence-corrected chi connectivity index (χ4v) is 1.73. The van der Waals surface area contributed by atoms with Crippen LogP contribution in [-0.4, -0.2) is 27.2 Å². The number of rotatable bonds is 5. The van der Waals surface area contributed by atoms with Gasteiger partial charge in [-0.15, -0.1) is 0 Å². The van der Waals surface area contributed by atoms with Crippen LogP contribution in [0.4, 0.5) is 5.82 Å². The summed E-state index contributed by atoms with van der Waals surface area (Å²) < 4.78 is 7.60. The number of hydrogen-bond donors (Lipinski definition) is 1. The molecule has 0 radical (unpaired) electrons. The third kappa shape index (κ3) is 3.07. The molecule has 5 nitrogen and oxygen atoms in total. The molecule has 0 fully saturated rings. The topological polar surface area (TPSA) is 66.0 Å². The average Bonchev–Trinajstić information content (AvgIpc) is 2.77. The van der Waals surface area contributed by atoms with Gasteiger partial charge in [0.05, 0.1) is 30.9 Å². The van der Waals surface area contributed by atoms with Crippen LogP contribution in [0.2, 0.25) is 0 Å². The van der Waals surface area contributed by atoms with Crippen LogP contribution < -0.4 is 5.73 Å². The van der Waals surface area contributed by atoms with Crippen LogP contribution in [0.25, 0.3) is 11.3 Å². The number of ether oxygens (including phenoxy) is 1. The third-order valence-electron chi connectivity index (χ3n) is 2.57. The van der Waals surface area contributed by atoms with Gasteiger partial charge in [-0.05, 0) is 26.0 Å². The molecule has 0 amide bonds. The maximum Gasteiger partial charge on any atom is 0.123 e. The van der Waals surface area contributed by atoms with Gasteiger partial charge in [-0.1, -0.05) is 0 Å². The zero-order valence-corrected chi connectivity index (χ0v) is 10.7. The molecule has 0 spiro atoms. The first kappa shape index (κ1) is 12.6. The highest BCUT2D eigenvalue weighted by molar-refractivity contribution is 5.61. The lowest BCUT2D eigenvalue weighted by Gasteiger charge is -2.10. The summed E-state index contributed by atoms with van der Waals surface area (Å²) in [7, 11) is 0. The molecule has 96 valence electrons. The molecule has 0 aliphatic rings. The SMILES string of the molecule is CC(C)OCCn1cncc1-c1ccnc(N)c1. The van der Waals surface area contributed by atoms with Gasteiger partial charge in [-0.25, -0.2) is 9.97 Å². The lowest BCUT2D eigenvalue weighted by Crippen LogP contribution is -2.10. The second-order valence-electron chi connectivity index (χ2n) is 4.36. The van der Waals surface area contributed by atoms with Gasteiger partial charge in [-0.3, -0.25) is 0 Å². The normalized spacial score (nSPS) is 11.1. The Balaban J connectivity index is 2.12. The van der Waals surface area contributed by atoms with Crippen molar-refractivity contribution in [2.24, 2.45) is 0 Å². The summed E-state index contributed by atoms with van der Waals surface area (Å²) in [6, 6.07) is 3.77. The molecule has 0 aromatic carbocycles. The van der Waals surface area contributed by atoms with Crippen molar-refractivity contribution in [1.82, 2.24) is 14.5 Å². The summed E-state index contributed by atoms with van der Waals surface area (Å²) in [5, 5.41) is 0. The minimum absolute atomic E-state index is 0.244. The summed E-state index contributed by atoms with van der Waals surface area (Å²) in [4.78, 5) is 8.16. The number of nitrogens with two attached hydrogens (primary N) is 1. The van der Waals surface area contributed by atoms with E-state index in [0.29, 0.717) is 12.4 Å². The third-order valence-corrected chi connectivity index (χ3v) is 2.57. The van der Waals surface area contributed by atoms with Gasteiger partial charge in [0.25, 0.3) is 0 Å². The molecule has 2 N–H and O–H groups in total. The smallest absolute Gasteiger partial charge is 0.123 e. The minimum atomic E-state index is 0.244. The second-order valence-corrected chi connectivity index (χ2v) is 4.36. The van der Waals surface area contributed by atoms with Crippen molar-refractivity contribution in [3.05, 3.63) is 30.9 Å². The Morgan fingerprint density at radius 2 is 2.28 bits per heavy atom. The second kappa shape index (κ2) is 5.64. The predicted molar refractivity (Wildman–Crippen MR) is 71.0 cm³/mol. The van der Waals surface area contributed by atoms with Crippen molar-refractivity contribution in [1.29, 1.82) is 0 Å². The van der Waals surface area contributed by atoms with Gasteiger partial charge < -0.3 is 15.0 Å². The molecule has 0 saturated heterocycles. The molecule has 0 aliphatic carbocycles. The lowest BCUT2D eigenvalue weighted by atomic mass is 10.2.